The minimum absolute atomic E-state index is 0.00255. The van der Waals surface area contributed by atoms with Crippen molar-refractivity contribution in [1.82, 2.24) is 0 Å². The maximum atomic E-state index is 12.8. The fourth-order valence-electron chi connectivity index (χ4n) is 8.31. The molecule has 4 aliphatic carbocycles. The zero-order valence-electron chi connectivity index (χ0n) is 18.4. The maximum Gasteiger partial charge on any atom is 0.302 e. The lowest BCUT2D eigenvalue weighted by Crippen LogP contribution is -2.68. The number of esters is 1. The Morgan fingerprint density at radius 1 is 1.17 bits per heavy atom. The Morgan fingerprint density at radius 2 is 1.86 bits per heavy atom. The molecule has 2 N–H and O–H groups in total. The van der Waals surface area contributed by atoms with Crippen molar-refractivity contribution < 1.29 is 24.5 Å². The molecule has 0 saturated heterocycles. The van der Waals surface area contributed by atoms with Gasteiger partial charge in [-0.2, -0.15) is 0 Å². The van der Waals surface area contributed by atoms with E-state index in [0.29, 0.717) is 6.42 Å². The van der Waals surface area contributed by atoms with Gasteiger partial charge in [0.25, 0.3) is 0 Å². The number of carbonyl (C=O) groups is 2. The quantitative estimate of drug-likeness (QED) is 0.545. The van der Waals surface area contributed by atoms with Crippen molar-refractivity contribution >= 4 is 11.8 Å². The van der Waals surface area contributed by atoms with Crippen molar-refractivity contribution in [2.45, 2.75) is 78.9 Å². The summed E-state index contributed by atoms with van der Waals surface area (Å²) in [6, 6.07) is 0. The Bertz CT molecular complexity index is 760. The van der Waals surface area contributed by atoms with Crippen molar-refractivity contribution in [1.29, 1.82) is 0 Å². The van der Waals surface area contributed by atoms with Crippen LogP contribution in [-0.2, 0) is 14.3 Å². The second-order valence-corrected chi connectivity index (χ2v) is 11.1. The van der Waals surface area contributed by atoms with Crippen LogP contribution in [0.25, 0.3) is 0 Å². The van der Waals surface area contributed by atoms with Gasteiger partial charge in [0.15, 0.2) is 0 Å². The van der Waals surface area contributed by atoms with E-state index >= 15 is 0 Å². The third kappa shape index (κ3) is 2.46. The van der Waals surface area contributed by atoms with Gasteiger partial charge < -0.3 is 14.9 Å². The van der Waals surface area contributed by atoms with Crippen molar-refractivity contribution in [2.75, 3.05) is 6.61 Å². The summed E-state index contributed by atoms with van der Waals surface area (Å²) >= 11 is 0. The molecular weight excluding hydrogens is 368 g/mol. The van der Waals surface area contributed by atoms with Crippen LogP contribution < -0.4 is 0 Å². The molecule has 4 aliphatic rings. The van der Waals surface area contributed by atoms with Gasteiger partial charge in [-0.25, -0.2) is 0 Å². The highest BCUT2D eigenvalue weighted by Crippen LogP contribution is 2.73. The van der Waals surface area contributed by atoms with E-state index in [-0.39, 0.29) is 53.0 Å². The molecule has 0 unspecified atom stereocenters. The van der Waals surface area contributed by atoms with Crippen molar-refractivity contribution in [3.8, 4) is 0 Å². The van der Waals surface area contributed by atoms with Gasteiger partial charge in [-0.05, 0) is 48.3 Å². The van der Waals surface area contributed by atoms with Crippen LogP contribution in [0.4, 0.5) is 0 Å². The molecule has 4 rings (SSSR count). The zero-order chi connectivity index (χ0) is 21.4. The largest absolute Gasteiger partial charge is 0.462 e. The predicted octanol–water partition coefficient (Wildman–Crippen LogP) is 3.28. The van der Waals surface area contributed by atoms with E-state index in [2.05, 4.69) is 26.8 Å². The van der Waals surface area contributed by atoms with Crippen LogP contribution in [0.5, 0.6) is 0 Å². The summed E-state index contributed by atoms with van der Waals surface area (Å²) in [6.45, 7) is 10.0. The number of hydrogen-bond donors (Lipinski definition) is 2. The van der Waals surface area contributed by atoms with Gasteiger partial charge in [0.05, 0.1) is 18.1 Å². The highest BCUT2D eigenvalue weighted by molar-refractivity contribution is 5.86. The van der Waals surface area contributed by atoms with Crippen LogP contribution in [0.15, 0.2) is 12.2 Å². The van der Waals surface area contributed by atoms with Gasteiger partial charge in [-0.15, -0.1) is 0 Å². The summed E-state index contributed by atoms with van der Waals surface area (Å²) in [5, 5.41) is 21.3. The van der Waals surface area contributed by atoms with E-state index < -0.39 is 16.9 Å². The number of ether oxygens (including phenoxy) is 1. The minimum Gasteiger partial charge on any atom is -0.462 e. The van der Waals surface area contributed by atoms with Crippen LogP contribution >= 0.6 is 0 Å². The first-order valence-corrected chi connectivity index (χ1v) is 11.1. The van der Waals surface area contributed by atoms with Crippen molar-refractivity contribution in [3.05, 3.63) is 12.2 Å². The topological polar surface area (TPSA) is 83.8 Å². The fraction of sp³-hybridized carbons (Fsp3) is 0.833. The number of aliphatic hydroxyl groups excluding tert-OH is 2. The summed E-state index contributed by atoms with van der Waals surface area (Å²) in [4.78, 5) is 24.7. The Labute approximate surface area is 173 Å². The average molecular weight is 405 g/mol. The molecule has 162 valence electrons. The van der Waals surface area contributed by atoms with Crippen LogP contribution in [0.3, 0.4) is 0 Å². The third-order valence-corrected chi connectivity index (χ3v) is 10.2. The second-order valence-electron chi connectivity index (χ2n) is 11.1. The van der Waals surface area contributed by atoms with Gasteiger partial charge in [-0.3, -0.25) is 9.59 Å². The first-order chi connectivity index (χ1) is 13.4. The number of fused-ring (bicyclic) bond motifs is 5. The van der Waals surface area contributed by atoms with Gasteiger partial charge in [0, 0.05) is 24.7 Å². The number of Topliss-reactive ketones (excluding diaryl/α,β-unsaturated/α-hetero) is 1. The molecule has 0 aromatic heterocycles. The molecule has 3 saturated carbocycles. The van der Waals surface area contributed by atoms with E-state index in [9.17, 15) is 19.8 Å². The number of aliphatic hydroxyl groups is 2. The van der Waals surface area contributed by atoms with E-state index in [0.717, 1.165) is 25.7 Å². The summed E-state index contributed by atoms with van der Waals surface area (Å²) in [5.41, 5.74) is -1.41. The lowest BCUT2D eigenvalue weighted by Gasteiger charge is -2.69. The predicted molar refractivity (Wildman–Crippen MR) is 109 cm³/mol. The monoisotopic (exact) mass is 404 g/mol. The lowest BCUT2D eigenvalue weighted by atomic mass is 9.35. The van der Waals surface area contributed by atoms with Gasteiger partial charge >= 0.3 is 5.97 Å². The zero-order valence-corrected chi connectivity index (χ0v) is 18.4. The van der Waals surface area contributed by atoms with E-state index in [1.54, 1.807) is 0 Å². The van der Waals surface area contributed by atoms with E-state index in [1.807, 2.05) is 13.0 Å². The summed E-state index contributed by atoms with van der Waals surface area (Å²) in [5.74, 6) is 0.187. The lowest BCUT2D eigenvalue weighted by molar-refractivity contribution is -0.242. The maximum absolute atomic E-state index is 12.8. The highest BCUT2D eigenvalue weighted by Gasteiger charge is 2.71. The van der Waals surface area contributed by atoms with E-state index in [4.69, 9.17) is 4.74 Å². The first kappa shape index (κ1) is 21.0. The summed E-state index contributed by atoms with van der Waals surface area (Å²) in [6.07, 6.45) is 6.89. The second kappa shape index (κ2) is 6.40. The van der Waals surface area contributed by atoms with Crippen molar-refractivity contribution in [2.24, 2.45) is 39.4 Å². The molecule has 0 aliphatic heterocycles. The molecule has 0 heterocycles. The molecule has 9 atom stereocenters. The molecule has 0 radical (unpaired) electrons. The minimum atomic E-state index is -0.713. The molecule has 29 heavy (non-hydrogen) atoms. The SMILES string of the molecule is CC(=O)O[C@@H]1C[C@@H]2[C@@]3(C)CCC(=O)[C@@](C)(CO)[C@@H]3CC[C@@]2(C)[C@]2(C)[C@@H](O)C=C[C@@H]12. The van der Waals surface area contributed by atoms with Crippen molar-refractivity contribution in [3.63, 3.8) is 0 Å². The molecule has 3 fully saturated rings. The van der Waals surface area contributed by atoms with Crippen LogP contribution in [0.2, 0.25) is 0 Å². The third-order valence-electron chi connectivity index (χ3n) is 10.2. The number of hydrogen-bond acceptors (Lipinski definition) is 5. The summed E-state index contributed by atoms with van der Waals surface area (Å²) in [7, 11) is 0. The number of rotatable bonds is 2. The molecule has 5 heteroatoms. The summed E-state index contributed by atoms with van der Waals surface area (Å²) < 4.78 is 5.82. The van der Waals surface area contributed by atoms with Crippen LogP contribution in [-0.4, -0.2) is 40.8 Å². The average Bonchev–Trinajstić information content (AvgIpc) is 2.97. The Balaban J connectivity index is 1.82. The number of ketones is 1. The highest BCUT2D eigenvalue weighted by atomic mass is 16.5. The molecule has 0 amide bonds. The molecule has 0 aromatic rings. The standard InChI is InChI=1S/C24H36O5/c1-14(26)29-16-12-18-21(2)10-9-19(27)22(3,13-25)17(21)8-11-23(18,4)24(5)15(16)6-7-20(24)28/h6-7,15-18,20,25,28H,8-13H2,1-5H3/t15-,16+,17+,18+,20-,21-,22-,23+,24-/m0/s1. The Morgan fingerprint density at radius 3 is 2.48 bits per heavy atom. The van der Waals surface area contributed by atoms with Gasteiger partial charge in [0.1, 0.15) is 11.9 Å². The Hall–Kier alpha value is -1.20. The van der Waals surface area contributed by atoms with Crippen LogP contribution in [0.1, 0.15) is 66.7 Å². The Kier molecular flexibility index (Phi) is 4.64. The van der Waals surface area contributed by atoms with Gasteiger partial charge in [-0.1, -0.05) is 39.8 Å². The molecule has 0 aromatic carbocycles. The van der Waals surface area contributed by atoms with E-state index in [1.165, 1.54) is 6.92 Å². The number of carbonyl (C=O) groups excluding carboxylic acids is 2. The smallest absolute Gasteiger partial charge is 0.302 e. The normalized spacial score (nSPS) is 53.8. The fourth-order valence-corrected chi connectivity index (χ4v) is 8.31. The van der Waals surface area contributed by atoms with Gasteiger partial charge in [0.2, 0.25) is 0 Å². The van der Waals surface area contributed by atoms with Crippen LogP contribution in [0, 0.1) is 39.4 Å². The molecule has 5 nitrogen and oxygen atoms in total. The molecule has 0 spiro atoms. The molecule has 0 bridgehead atoms. The molecular formula is C24H36O5. The first-order valence-electron chi connectivity index (χ1n) is 11.1.